The summed E-state index contributed by atoms with van der Waals surface area (Å²) in [5.74, 6) is -1.52. The van der Waals surface area contributed by atoms with Crippen LogP contribution in [0.25, 0.3) is 11.1 Å². The van der Waals surface area contributed by atoms with Crippen molar-refractivity contribution >= 4 is 17.5 Å². The summed E-state index contributed by atoms with van der Waals surface area (Å²) in [5, 5.41) is 12.8. The number of halogens is 5. The average molecular weight is 537 g/mol. The topological polar surface area (TPSA) is 61.8 Å². The second kappa shape index (κ2) is 11.5. The molecule has 2 N–H and O–H groups in total. The van der Waals surface area contributed by atoms with Gasteiger partial charge >= 0.3 is 6.36 Å². The van der Waals surface area contributed by atoms with Gasteiger partial charge in [-0.3, -0.25) is 4.79 Å². The van der Waals surface area contributed by atoms with E-state index in [0.717, 1.165) is 11.6 Å². The number of nitrogens with zero attached hydrogens (tertiary/aromatic N) is 1. The van der Waals surface area contributed by atoms with Gasteiger partial charge in [0.05, 0.1) is 0 Å². The summed E-state index contributed by atoms with van der Waals surface area (Å²) < 4.78 is 58.1. The zero-order chi connectivity index (χ0) is 26.6. The van der Waals surface area contributed by atoms with Gasteiger partial charge < -0.3 is 20.1 Å². The molecule has 5 nitrogen and oxygen atoms in total. The summed E-state index contributed by atoms with van der Waals surface area (Å²) >= 11 is 5.84. The molecule has 1 amide bonds. The Labute approximate surface area is 216 Å². The number of hydrogen-bond acceptors (Lipinski definition) is 4. The Balaban J connectivity index is 1.62. The summed E-state index contributed by atoms with van der Waals surface area (Å²) in [6.45, 7) is 0.160. The molecule has 1 heterocycles. The highest BCUT2D eigenvalue weighted by Gasteiger charge is 2.34. The van der Waals surface area contributed by atoms with E-state index in [4.69, 9.17) is 11.6 Å². The van der Waals surface area contributed by atoms with Crippen molar-refractivity contribution in [3.05, 3.63) is 88.7 Å². The van der Waals surface area contributed by atoms with Gasteiger partial charge in [-0.25, -0.2) is 4.39 Å². The Kier molecular flexibility index (Phi) is 8.36. The number of piperidine rings is 1. The van der Waals surface area contributed by atoms with Crippen molar-refractivity contribution in [2.75, 3.05) is 19.7 Å². The molecule has 1 aliphatic heterocycles. The predicted octanol–water partition coefficient (Wildman–Crippen LogP) is 5.51. The second-order valence-corrected chi connectivity index (χ2v) is 9.22. The van der Waals surface area contributed by atoms with E-state index in [2.05, 4.69) is 10.1 Å². The summed E-state index contributed by atoms with van der Waals surface area (Å²) in [6, 6.07) is 17.4. The van der Waals surface area contributed by atoms with E-state index in [-0.39, 0.29) is 46.3 Å². The maximum Gasteiger partial charge on any atom is 0.573 e. The van der Waals surface area contributed by atoms with Crippen LogP contribution in [0, 0.1) is 5.82 Å². The fraction of sp³-hybridized carbons (Fsp3) is 0.296. The molecule has 0 bridgehead atoms. The lowest BCUT2D eigenvalue weighted by atomic mass is 9.85. The fourth-order valence-corrected chi connectivity index (χ4v) is 4.79. The monoisotopic (exact) mass is 536 g/mol. The summed E-state index contributed by atoms with van der Waals surface area (Å²) in [7, 11) is 0. The maximum atomic E-state index is 14.5. The molecular weight excluding hydrogens is 512 g/mol. The lowest BCUT2D eigenvalue weighted by molar-refractivity contribution is -0.274. The number of alkyl halides is 3. The molecule has 2 atom stereocenters. The first kappa shape index (κ1) is 26.9. The van der Waals surface area contributed by atoms with Crippen molar-refractivity contribution in [3.63, 3.8) is 0 Å². The van der Waals surface area contributed by atoms with E-state index in [0.29, 0.717) is 25.1 Å². The zero-order valence-corrected chi connectivity index (χ0v) is 20.4. The Morgan fingerprint density at radius 3 is 2.54 bits per heavy atom. The average Bonchev–Trinajstić information content (AvgIpc) is 2.87. The minimum absolute atomic E-state index is 0.0103. The maximum absolute atomic E-state index is 14.5. The number of rotatable bonds is 7. The van der Waals surface area contributed by atoms with Crippen LogP contribution in [0.1, 0.15) is 23.5 Å². The van der Waals surface area contributed by atoms with Gasteiger partial charge in [0.1, 0.15) is 18.2 Å². The number of aliphatic hydroxyl groups excluding tert-OH is 1. The second-order valence-electron chi connectivity index (χ2n) is 8.79. The van der Waals surface area contributed by atoms with E-state index < -0.39 is 18.8 Å². The molecule has 4 rings (SSSR count). The van der Waals surface area contributed by atoms with Crippen molar-refractivity contribution in [1.82, 2.24) is 10.2 Å². The lowest BCUT2D eigenvalue weighted by Crippen LogP contribution is -2.50. The SMILES string of the molecule is O=C(CO)N1CC[C@H](NCc2cc(-c3ccc(Cl)cc3F)ccc2OC(F)(F)F)[C@H](c2ccccc2)C1. The molecular formula is C27H25ClF4N2O3. The summed E-state index contributed by atoms with van der Waals surface area (Å²) in [6.07, 6.45) is -4.38. The molecule has 3 aromatic rings. The van der Waals surface area contributed by atoms with Crippen molar-refractivity contribution in [1.29, 1.82) is 0 Å². The quantitative estimate of drug-likeness (QED) is 0.391. The van der Waals surface area contributed by atoms with Gasteiger partial charge in [-0.2, -0.15) is 0 Å². The Hall–Kier alpha value is -3.14. The van der Waals surface area contributed by atoms with Crippen LogP contribution in [0.15, 0.2) is 66.7 Å². The first-order valence-corrected chi connectivity index (χ1v) is 12.0. The first-order valence-electron chi connectivity index (χ1n) is 11.7. The highest BCUT2D eigenvalue weighted by Crippen LogP contribution is 2.34. The molecule has 0 aromatic heterocycles. The Morgan fingerprint density at radius 2 is 1.86 bits per heavy atom. The molecule has 0 unspecified atom stereocenters. The van der Waals surface area contributed by atoms with Crippen LogP contribution in [-0.4, -0.2) is 48.0 Å². The minimum Gasteiger partial charge on any atom is -0.405 e. The molecule has 1 fully saturated rings. The predicted molar refractivity (Wildman–Crippen MR) is 132 cm³/mol. The van der Waals surface area contributed by atoms with E-state index in [1.807, 2.05) is 30.3 Å². The number of likely N-dealkylation sites (tertiary alicyclic amines) is 1. The molecule has 37 heavy (non-hydrogen) atoms. The zero-order valence-electron chi connectivity index (χ0n) is 19.6. The van der Waals surface area contributed by atoms with Crippen LogP contribution in [0.4, 0.5) is 17.6 Å². The summed E-state index contributed by atoms with van der Waals surface area (Å²) in [4.78, 5) is 13.7. The van der Waals surface area contributed by atoms with Crippen molar-refractivity contribution in [2.24, 2.45) is 0 Å². The van der Waals surface area contributed by atoms with Crippen LogP contribution in [-0.2, 0) is 11.3 Å². The third kappa shape index (κ3) is 6.80. The van der Waals surface area contributed by atoms with E-state index in [9.17, 15) is 27.5 Å². The van der Waals surface area contributed by atoms with Gasteiger partial charge in [0.2, 0.25) is 5.91 Å². The van der Waals surface area contributed by atoms with Crippen LogP contribution in [0.2, 0.25) is 5.02 Å². The highest BCUT2D eigenvalue weighted by molar-refractivity contribution is 6.30. The van der Waals surface area contributed by atoms with Crippen LogP contribution in [0.5, 0.6) is 5.75 Å². The molecule has 10 heteroatoms. The number of hydrogen-bond donors (Lipinski definition) is 2. The Bertz CT molecular complexity index is 1240. The van der Waals surface area contributed by atoms with Crippen molar-refractivity contribution < 1.29 is 32.2 Å². The van der Waals surface area contributed by atoms with Gasteiger partial charge in [0.15, 0.2) is 0 Å². The first-order chi connectivity index (χ1) is 17.6. The molecule has 196 valence electrons. The number of nitrogens with one attached hydrogen (secondary N) is 1. The number of aliphatic hydroxyl groups is 1. The molecule has 0 spiro atoms. The number of carbonyl (C=O) groups is 1. The largest absolute Gasteiger partial charge is 0.573 e. The van der Waals surface area contributed by atoms with Crippen LogP contribution < -0.4 is 10.1 Å². The van der Waals surface area contributed by atoms with Gasteiger partial charge in [-0.05, 0) is 47.9 Å². The highest BCUT2D eigenvalue weighted by atomic mass is 35.5. The van der Waals surface area contributed by atoms with E-state index in [1.165, 1.54) is 30.3 Å². The Morgan fingerprint density at radius 1 is 1.11 bits per heavy atom. The number of amides is 1. The number of ether oxygens (including phenoxy) is 1. The van der Waals surface area contributed by atoms with Gasteiger partial charge in [0, 0.05) is 47.7 Å². The molecule has 3 aromatic carbocycles. The standard InChI is InChI=1S/C27H25ClF4N2O3/c28-20-7-8-21(23(29)13-20)18-6-9-25(37-27(30,31)32)19(12-18)14-33-24-10-11-34(26(36)16-35)15-22(24)17-4-2-1-3-5-17/h1-9,12-13,22,24,33,35H,10-11,14-16H2/t22-,24-/m0/s1. The lowest BCUT2D eigenvalue weighted by Gasteiger charge is -2.39. The van der Waals surface area contributed by atoms with Crippen molar-refractivity contribution in [3.8, 4) is 16.9 Å². The number of benzene rings is 3. The van der Waals surface area contributed by atoms with Gasteiger partial charge in [0.25, 0.3) is 0 Å². The van der Waals surface area contributed by atoms with E-state index >= 15 is 0 Å². The van der Waals surface area contributed by atoms with Crippen molar-refractivity contribution in [2.45, 2.75) is 31.3 Å². The third-order valence-corrected chi connectivity index (χ3v) is 6.65. The van der Waals surface area contributed by atoms with Crippen LogP contribution in [0.3, 0.4) is 0 Å². The number of carbonyl (C=O) groups excluding carboxylic acids is 1. The van der Waals surface area contributed by atoms with E-state index in [1.54, 1.807) is 4.90 Å². The molecule has 0 aliphatic carbocycles. The third-order valence-electron chi connectivity index (χ3n) is 6.41. The molecule has 1 saturated heterocycles. The molecule has 0 saturated carbocycles. The smallest absolute Gasteiger partial charge is 0.405 e. The molecule has 1 aliphatic rings. The molecule has 0 radical (unpaired) electrons. The fourth-order valence-electron chi connectivity index (χ4n) is 4.63. The summed E-state index contributed by atoms with van der Waals surface area (Å²) in [5.41, 5.74) is 1.73. The van der Waals surface area contributed by atoms with Crippen LogP contribution >= 0.6 is 11.6 Å². The van der Waals surface area contributed by atoms with Gasteiger partial charge in [-0.15, -0.1) is 13.2 Å². The normalized spacial score (nSPS) is 18.1. The van der Waals surface area contributed by atoms with Gasteiger partial charge in [-0.1, -0.05) is 48.0 Å². The minimum atomic E-state index is -4.90.